The molecule has 0 aliphatic carbocycles. The molecule has 1 unspecified atom stereocenters. The summed E-state index contributed by atoms with van der Waals surface area (Å²) in [7, 11) is 0. The van der Waals surface area contributed by atoms with E-state index in [1.807, 2.05) is 44.2 Å². The van der Waals surface area contributed by atoms with E-state index in [0.717, 1.165) is 11.1 Å². The second kappa shape index (κ2) is 8.55. The monoisotopic (exact) mass is 340 g/mol. The average molecular weight is 340 g/mol. The largest absolute Gasteiger partial charge is 0.392 e. The number of nitrogens with one attached hydrogen (secondary N) is 2. The summed E-state index contributed by atoms with van der Waals surface area (Å²) in [4.78, 5) is 25.0. The van der Waals surface area contributed by atoms with Crippen LogP contribution >= 0.6 is 0 Å². The van der Waals surface area contributed by atoms with Gasteiger partial charge in [0.2, 0.25) is 5.91 Å². The molecule has 132 valence electrons. The number of ketones is 1. The van der Waals surface area contributed by atoms with Crippen molar-refractivity contribution in [2.75, 3.05) is 18.4 Å². The Kier molecular flexibility index (Phi) is 6.44. The summed E-state index contributed by atoms with van der Waals surface area (Å²) in [6.07, 6.45) is -0.523. The molecule has 1 amide bonds. The third-order valence-electron chi connectivity index (χ3n) is 3.91. The molecule has 5 heteroatoms. The van der Waals surface area contributed by atoms with E-state index in [-0.39, 0.29) is 18.2 Å². The van der Waals surface area contributed by atoms with E-state index >= 15 is 0 Å². The number of rotatable bonds is 7. The van der Waals surface area contributed by atoms with Crippen molar-refractivity contribution in [1.29, 1.82) is 0 Å². The molecule has 0 aromatic heterocycles. The van der Waals surface area contributed by atoms with Crippen LogP contribution in [0.25, 0.3) is 0 Å². The van der Waals surface area contributed by atoms with Gasteiger partial charge in [0.15, 0.2) is 5.78 Å². The van der Waals surface area contributed by atoms with Gasteiger partial charge < -0.3 is 15.7 Å². The molecule has 1 atom stereocenters. The van der Waals surface area contributed by atoms with E-state index in [1.54, 1.807) is 19.1 Å². The SMILES string of the molecule is Cc1cc(NC(=O)CNCC(C)O)c(C(=O)c2ccccc2)cc1C. The first kappa shape index (κ1) is 18.8. The molecule has 0 spiro atoms. The highest BCUT2D eigenvalue weighted by atomic mass is 16.3. The van der Waals surface area contributed by atoms with Crippen LogP contribution in [0, 0.1) is 13.8 Å². The van der Waals surface area contributed by atoms with Crippen LogP contribution in [0.4, 0.5) is 5.69 Å². The van der Waals surface area contributed by atoms with Crippen molar-refractivity contribution < 1.29 is 14.7 Å². The Morgan fingerprint density at radius 2 is 1.72 bits per heavy atom. The lowest BCUT2D eigenvalue weighted by Crippen LogP contribution is -2.33. The second-order valence-corrected chi connectivity index (χ2v) is 6.21. The van der Waals surface area contributed by atoms with E-state index < -0.39 is 6.10 Å². The summed E-state index contributed by atoms with van der Waals surface area (Å²) in [5, 5.41) is 14.9. The highest BCUT2D eigenvalue weighted by Crippen LogP contribution is 2.24. The van der Waals surface area contributed by atoms with Crippen molar-refractivity contribution in [2.24, 2.45) is 0 Å². The maximum Gasteiger partial charge on any atom is 0.238 e. The summed E-state index contributed by atoms with van der Waals surface area (Å²) in [6.45, 7) is 5.91. The maximum absolute atomic E-state index is 12.8. The Balaban J connectivity index is 2.23. The molecule has 0 fully saturated rings. The maximum atomic E-state index is 12.8. The molecule has 2 rings (SSSR count). The molecule has 0 saturated heterocycles. The molecule has 0 heterocycles. The van der Waals surface area contributed by atoms with Gasteiger partial charge in [-0.15, -0.1) is 0 Å². The number of aliphatic hydroxyl groups is 1. The molecular formula is C20H24N2O3. The molecule has 5 nitrogen and oxygen atoms in total. The molecule has 0 aliphatic rings. The van der Waals surface area contributed by atoms with Crippen LogP contribution in [0.5, 0.6) is 0 Å². The molecule has 0 radical (unpaired) electrons. The number of carbonyl (C=O) groups is 2. The highest BCUT2D eigenvalue weighted by molar-refractivity contribution is 6.14. The van der Waals surface area contributed by atoms with Crippen molar-refractivity contribution in [3.8, 4) is 0 Å². The van der Waals surface area contributed by atoms with Gasteiger partial charge in [-0.05, 0) is 44.0 Å². The minimum Gasteiger partial charge on any atom is -0.392 e. The van der Waals surface area contributed by atoms with E-state index in [9.17, 15) is 14.7 Å². The van der Waals surface area contributed by atoms with Gasteiger partial charge in [-0.3, -0.25) is 9.59 Å². The van der Waals surface area contributed by atoms with Gasteiger partial charge >= 0.3 is 0 Å². The Bertz CT molecular complexity index is 755. The van der Waals surface area contributed by atoms with Crippen LogP contribution in [0.15, 0.2) is 42.5 Å². The summed E-state index contributed by atoms with van der Waals surface area (Å²) in [6, 6.07) is 12.6. The van der Waals surface area contributed by atoms with Crippen molar-refractivity contribution in [3.05, 3.63) is 64.7 Å². The van der Waals surface area contributed by atoms with E-state index in [4.69, 9.17) is 0 Å². The smallest absolute Gasteiger partial charge is 0.238 e. The number of anilines is 1. The molecule has 25 heavy (non-hydrogen) atoms. The van der Waals surface area contributed by atoms with Crippen LogP contribution in [-0.4, -0.2) is 36.0 Å². The Morgan fingerprint density at radius 3 is 2.36 bits per heavy atom. The number of hydrogen-bond acceptors (Lipinski definition) is 4. The first-order valence-corrected chi connectivity index (χ1v) is 8.28. The van der Waals surface area contributed by atoms with E-state index in [1.165, 1.54) is 0 Å². The molecule has 3 N–H and O–H groups in total. The van der Waals surface area contributed by atoms with Crippen LogP contribution in [-0.2, 0) is 4.79 Å². The normalized spacial score (nSPS) is 11.8. The fourth-order valence-electron chi connectivity index (χ4n) is 2.44. The zero-order valence-corrected chi connectivity index (χ0v) is 14.8. The number of benzene rings is 2. The molecule has 0 aliphatic heterocycles. The first-order chi connectivity index (χ1) is 11.9. The second-order valence-electron chi connectivity index (χ2n) is 6.21. The van der Waals surface area contributed by atoms with Crippen molar-refractivity contribution in [2.45, 2.75) is 26.9 Å². The molecule has 2 aromatic rings. The molecule has 2 aromatic carbocycles. The quantitative estimate of drug-likeness (QED) is 0.677. The van der Waals surface area contributed by atoms with Crippen LogP contribution in [0.1, 0.15) is 34.0 Å². The summed E-state index contributed by atoms with van der Waals surface area (Å²) >= 11 is 0. The van der Waals surface area contributed by atoms with Gasteiger partial charge in [0.1, 0.15) is 0 Å². The lowest BCUT2D eigenvalue weighted by Gasteiger charge is -2.14. The first-order valence-electron chi connectivity index (χ1n) is 8.28. The zero-order chi connectivity index (χ0) is 18.4. The number of aliphatic hydroxyl groups excluding tert-OH is 1. The van der Waals surface area contributed by atoms with E-state index in [0.29, 0.717) is 23.4 Å². The minimum atomic E-state index is -0.523. The number of carbonyl (C=O) groups excluding carboxylic acids is 2. The van der Waals surface area contributed by atoms with Crippen LogP contribution in [0.2, 0.25) is 0 Å². The van der Waals surface area contributed by atoms with Crippen molar-refractivity contribution in [3.63, 3.8) is 0 Å². The summed E-state index contributed by atoms with van der Waals surface area (Å²) < 4.78 is 0. The van der Waals surface area contributed by atoms with Crippen LogP contribution < -0.4 is 10.6 Å². The number of aryl methyl sites for hydroxylation is 2. The average Bonchev–Trinajstić information content (AvgIpc) is 2.57. The Morgan fingerprint density at radius 1 is 1.08 bits per heavy atom. The third-order valence-corrected chi connectivity index (χ3v) is 3.91. The third kappa shape index (κ3) is 5.24. The molecule has 0 bridgehead atoms. The zero-order valence-electron chi connectivity index (χ0n) is 14.8. The van der Waals surface area contributed by atoms with Gasteiger partial charge in [-0.2, -0.15) is 0 Å². The summed E-state index contributed by atoms with van der Waals surface area (Å²) in [5.41, 5.74) is 3.54. The van der Waals surface area contributed by atoms with Crippen molar-refractivity contribution in [1.82, 2.24) is 5.32 Å². The van der Waals surface area contributed by atoms with Crippen LogP contribution in [0.3, 0.4) is 0 Å². The van der Waals surface area contributed by atoms with Gasteiger partial charge in [-0.1, -0.05) is 30.3 Å². The lowest BCUT2D eigenvalue weighted by molar-refractivity contribution is -0.115. The predicted molar refractivity (Wildman–Crippen MR) is 99.0 cm³/mol. The fourth-order valence-corrected chi connectivity index (χ4v) is 2.44. The summed E-state index contributed by atoms with van der Waals surface area (Å²) in [5.74, 6) is -0.387. The Labute approximate surface area is 148 Å². The van der Waals surface area contributed by atoms with Gasteiger partial charge in [0, 0.05) is 17.7 Å². The van der Waals surface area contributed by atoms with Crippen molar-refractivity contribution >= 4 is 17.4 Å². The lowest BCUT2D eigenvalue weighted by atomic mass is 9.97. The Hall–Kier alpha value is -2.50. The standard InChI is InChI=1S/C20H24N2O3/c1-13-9-17(20(25)16-7-5-4-6-8-16)18(10-14(13)2)22-19(24)12-21-11-15(3)23/h4-10,15,21,23H,11-12H2,1-3H3,(H,22,24). The van der Waals surface area contributed by atoms with Gasteiger partial charge in [0.25, 0.3) is 0 Å². The van der Waals surface area contributed by atoms with Gasteiger partial charge in [0.05, 0.1) is 18.3 Å². The minimum absolute atomic E-state index is 0.0663. The fraction of sp³-hybridized carbons (Fsp3) is 0.300. The molecule has 0 saturated carbocycles. The predicted octanol–water partition coefficient (Wildman–Crippen LogP) is 2.44. The molecular weight excluding hydrogens is 316 g/mol. The number of amides is 1. The topological polar surface area (TPSA) is 78.4 Å². The highest BCUT2D eigenvalue weighted by Gasteiger charge is 2.16. The van der Waals surface area contributed by atoms with E-state index in [2.05, 4.69) is 10.6 Å². The number of hydrogen-bond donors (Lipinski definition) is 3. The van der Waals surface area contributed by atoms with Gasteiger partial charge in [-0.25, -0.2) is 0 Å².